The normalized spacial score (nSPS) is 10.6. The molecule has 1 amide bonds. The quantitative estimate of drug-likeness (QED) is 0.772. The van der Waals surface area contributed by atoms with Crippen molar-refractivity contribution in [2.24, 2.45) is 0 Å². The fourth-order valence-corrected chi connectivity index (χ4v) is 1.97. The Morgan fingerprint density at radius 1 is 1.61 bits per heavy atom. The van der Waals surface area contributed by atoms with Gasteiger partial charge in [0, 0.05) is 30.8 Å². The molecule has 0 aliphatic rings. The first-order chi connectivity index (χ1) is 8.70. The molecule has 0 saturated carbocycles. The van der Waals surface area contributed by atoms with Crippen molar-refractivity contribution in [3.05, 3.63) is 22.7 Å². The zero-order valence-corrected chi connectivity index (χ0v) is 10.9. The van der Waals surface area contributed by atoms with Crippen molar-refractivity contribution in [2.45, 2.75) is 12.8 Å². The SMILES string of the molecule is CON(C)C(=O)CCc1nc(-c2ccsc2)no1. The van der Waals surface area contributed by atoms with Crippen molar-refractivity contribution in [1.29, 1.82) is 0 Å². The van der Waals surface area contributed by atoms with E-state index in [0.717, 1.165) is 5.56 Å². The summed E-state index contributed by atoms with van der Waals surface area (Å²) in [5.74, 6) is 0.876. The number of aromatic nitrogens is 2. The molecule has 0 saturated heterocycles. The van der Waals surface area contributed by atoms with Gasteiger partial charge in [-0.2, -0.15) is 16.3 Å². The molecule has 0 atom stereocenters. The monoisotopic (exact) mass is 267 g/mol. The summed E-state index contributed by atoms with van der Waals surface area (Å²) in [4.78, 5) is 20.5. The van der Waals surface area contributed by atoms with Gasteiger partial charge in [0.25, 0.3) is 0 Å². The number of carbonyl (C=O) groups is 1. The minimum atomic E-state index is -0.132. The van der Waals surface area contributed by atoms with Gasteiger partial charge in [-0.3, -0.25) is 9.63 Å². The maximum atomic E-state index is 11.5. The summed E-state index contributed by atoms with van der Waals surface area (Å²) < 4.78 is 5.08. The molecule has 0 unspecified atom stereocenters. The highest BCUT2D eigenvalue weighted by Crippen LogP contribution is 2.18. The van der Waals surface area contributed by atoms with E-state index in [-0.39, 0.29) is 12.3 Å². The molecule has 2 aromatic rings. The second-order valence-electron chi connectivity index (χ2n) is 3.60. The Kier molecular flexibility index (Phi) is 4.06. The topological polar surface area (TPSA) is 68.5 Å². The number of hydrogen-bond donors (Lipinski definition) is 0. The maximum absolute atomic E-state index is 11.5. The lowest BCUT2D eigenvalue weighted by molar-refractivity contribution is -0.168. The van der Waals surface area contributed by atoms with Gasteiger partial charge >= 0.3 is 0 Å². The molecule has 0 aliphatic heterocycles. The van der Waals surface area contributed by atoms with Crippen LogP contribution >= 0.6 is 11.3 Å². The van der Waals surface area contributed by atoms with Crippen molar-refractivity contribution >= 4 is 17.2 Å². The molecular formula is C11H13N3O3S. The highest BCUT2D eigenvalue weighted by Gasteiger charge is 2.13. The van der Waals surface area contributed by atoms with Gasteiger partial charge in [-0.1, -0.05) is 5.16 Å². The van der Waals surface area contributed by atoms with Gasteiger partial charge < -0.3 is 4.52 Å². The number of aryl methyl sites for hydroxylation is 1. The van der Waals surface area contributed by atoms with Crippen LogP contribution in [0.1, 0.15) is 12.3 Å². The van der Waals surface area contributed by atoms with Crippen molar-refractivity contribution in [1.82, 2.24) is 15.2 Å². The lowest BCUT2D eigenvalue weighted by Gasteiger charge is -2.12. The summed E-state index contributed by atoms with van der Waals surface area (Å²) in [6, 6.07) is 1.92. The van der Waals surface area contributed by atoms with Crippen molar-refractivity contribution in [3.8, 4) is 11.4 Å². The third-order valence-electron chi connectivity index (χ3n) is 2.43. The molecule has 18 heavy (non-hydrogen) atoms. The predicted octanol–water partition coefficient (Wildman–Crippen LogP) is 1.75. The molecule has 2 rings (SSSR count). The Balaban J connectivity index is 1.93. The number of hydroxylamine groups is 2. The molecule has 0 radical (unpaired) electrons. The molecular weight excluding hydrogens is 254 g/mol. The Morgan fingerprint density at radius 3 is 3.11 bits per heavy atom. The highest BCUT2D eigenvalue weighted by molar-refractivity contribution is 7.08. The van der Waals surface area contributed by atoms with Crippen LogP contribution in [-0.2, 0) is 16.1 Å². The van der Waals surface area contributed by atoms with Crippen LogP contribution < -0.4 is 0 Å². The molecule has 0 bridgehead atoms. The van der Waals surface area contributed by atoms with Crippen LogP contribution in [0.5, 0.6) is 0 Å². The second-order valence-corrected chi connectivity index (χ2v) is 4.38. The van der Waals surface area contributed by atoms with Gasteiger partial charge in [-0.15, -0.1) is 0 Å². The summed E-state index contributed by atoms with van der Waals surface area (Å²) in [6.07, 6.45) is 0.680. The molecule has 96 valence electrons. The maximum Gasteiger partial charge on any atom is 0.246 e. The molecule has 6 nitrogen and oxygen atoms in total. The van der Waals surface area contributed by atoms with E-state index in [2.05, 4.69) is 10.1 Å². The van der Waals surface area contributed by atoms with Crippen LogP contribution in [0, 0.1) is 0 Å². The lowest BCUT2D eigenvalue weighted by atomic mass is 10.3. The number of thiophene rings is 1. The molecule has 0 N–H and O–H groups in total. The van der Waals surface area contributed by atoms with Gasteiger partial charge in [0.2, 0.25) is 17.6 Å². The second kappa shape index (κ2) is 5.74. The highest BCUT2D eigenvalue weighted by atomic mass is 32.1. The molecule has 2 aromatic heterocycles. The van der Waals surface area contributed by atoms with E-state index in [9.17, 15) is 4.79 Å². The number of rotatable bonds is 5. The van der Waals surface area contributed by atoms with E-state index >= 15 is 0 Å². The van der Waals surface area contributed by atoms with Gasteiger partial charge in [-0.05, 0) is 11.4 Å². The third kappa shape index (κ3) is 2.93. The minimum absolute atomic E-state index is 0.132. The first kappa shape index (κ1) is 12.7. The predicted molar refractivity (Wildman–Crippen MR) is 65.7 cm³/mol. The first-order valence-electron chi connectivity index (χ1n) is 5.36. The fourth-order valence-electron chi connectivity index (χ4n) is 1.34. The van der Waals surface area contributed by atoms with Crippen molar-refractivity contribution in [2.75, 3.05) is 14.2 Å². The van der Waals surface area contributed by atoms with E-state index < -0.39 is 0 Å². The van der Waals surface area contributed by atoms with Crippen LogP contribution in [0.2, 0.25) is 0 Å². The van der Waals surface area contributed by atoms with Crippen molar-refractivity contribution in [3.63, 3.8) is 0 Å². The molecule has 0 aliphatic carbocycles. The van der Waals surface area contributed by atoms with Crippen LogP contribution in [-0.4, -0.2) is 35.3 Å². The van der Waals surface area contributed by atoms with Crippen LogP contribution in [0.25, 0.3) is 11.4 Å². The summed E-state index contributed by atoms with van der Waals surface area (Å²) in [5.41, 5.74) is 0.926. The largest absolute Gasteiger partial charge is 0.339 e. The zero-order valence-electron chi connectivity index (χ0n) is 10.1. The van der Waals surface area contributed by atoms with E-state index in [1.54, 1.807) is 18.4 Å². The minimum Gasteiger partial charge on any atom is -0.339 e. The molecule has 0 aromatic carbocycles. The summed E-state index contributed by atoms with van der Waals surface area (Å²) >= 11 is 1.57. The fraction of sp³-hybridized carbons (Fsp3) is 0.364. The zero-order chi connectivity index (χ0) is 13.0. The Hall–Kier alpha value is -1.73. The Labute approximate surface area is 108 Å². The van der Waals surface area contributed by atoms with Crippen molar-refractivity contribution < 1.29 is 14.2 Å². The molecule has 0 spiro atoms. The van der Waals surface area contributed by atoms with E-state index in [1.165, 1.54) is 12.2 Å². The standard InChI is InChI=1S/C11H13N3O3S/c1-14(16-2)10(15)4-3-9-12-11(13-17-9)8-5-6-18-7-8/h5-7H,3-4H2,1-2H3. The van der Waals surface area contributed by atoms with Gasteiger partial charge in [0.1, 0.15) is 0 Å². The Morgan fingerprint density at radius 2 is 2.44 bits per heavy atom. The summed E-state index contributed by atoms with van der Waals surface area (Å²) in [6.45, 7) is 0. The number of hydrogen-bond acceptors (Lipinski definition) is 6. The average molecular weight is 267 g/mol. The summed E-state index contributed by atoms with van der Waals surface area (Å²) in [7, 11) is 3.01. The van der Waals surface area contributed by atoms with Crippen LogP contribution in [0.4, 0.5) is 0 Å². The van der Waals surface area contributed by atoms with Gasteiger partial charge in [0.15, 0.2) is 0 Å². The molecule has 7 heteroatoms. The number of carbonyl (C=O) groups excluding carboxylic acids is 1. The van der Waals surface area contributed by atoms with E-state index in [4.69, 9.17) is 9.36 Å². The van der Waals surface area contributed by atoms with E-state index in [0.29, 0.717) is 18.1 Å². The van der Waals surface area contributed by atoms with Gasteiger partial charge in [-0.25, -0.2) is 5.06 Å². The molecule has 0 fully saturated rings. The lowest BCUT2D eigenvalue weighted by Crippen LogP contribution is -2.25. The third-order valence-corrected chi connectivity index (χ3v) is 3.11. The van der Waals surface area contributed by atoms with E-state index in [1.807, 2.05) is 16.8 Å². The Bertz CT molecular complexity index is 509. The van der Waals surface area contributed by atoms with Gasteiger partial charge in [0.05, 0.1) is 7.11 Å². The number of nitrogens with zero attached hydrogens (tertiary/aromatic N) is 3. The number of amides is 1. The first-order valence-corrected chi connectivity index (χ1v) is 6.31. The average Bonchev–Trinajstić information content (AvgIpc) is 3.04. The molecule has 2 heterocycles. The van der Waals surface area contributed by atoms with Crippen LogP contribution in [0.15, 0.2) is 21.3 Å². The smallest absolute Gasteiger partial charge is 0.246 e. The van der Waals surface area contributed by atoms with Crippen LogP contribution in [0.3, 0.4) is 0 Å². The summed E-state index contributed by atoms with van der Waals surface area (Å²) in [5, 5.41) is 8.93.